The minimum absolute atomic E-state index is 0.0707. The van der Waals surface area contributed by atoms with Gasteiger partial charge in [0, 0.05) is 25.2 Å². The van der Waals surface area contributed by atoms with E-state index in [1.54, 1.807) is 6.92 Å². The van der Waals surface area contributed by atoms with Gasteiger partial charge in [-0.25, -0.2) is 4.79 Å². The molecule has 0 unspecified atom stereocenters. The summed E-state index contributed by atoms with van der Waals surface area (Å²) in [5.41, 5.74) is 0. The van der Waals surface area contributed by atoms with E-state index < -0.39 is 5.97 Å². The van der Waals surface area contributed by atoms with E-state index in [1.165, 1.54) is 12.1 Å². The Hall–Kier alpha value is -3.24. The smallest absolute Gasteiger partial charge is 0.344 e. The molecule has 0 aliphatic heterocycles. The molecule has 2 N–H and O–H groups in total. The van der Waals surface area contributed by atoms with Crippen molar-refractivity contribution in [3.63, 3.8) is 0 Å². The minimum Gasteiger partial charge on any atom is -0.465 e. The number of carbonyl (C=O) groups excluding carboxylic acids is 1. The van der Waals surface area contributed by atoms with E-state index in [0.717, 1.165) is 0 Å². The number of hydrogen-bond donors (Lipinski definition) is 2. The van der Waals surface area contributed by atoms with Gasteiger partial charge in [0.05, 0.1) is 6.61 Å². The van der Waals surface area contributed by atoms with Crippen molar-refractivity contribution < 1.29 is 19.0 Å². The Bertz CT molecular complexity index is 687. The van der Waals surface area contributed by atoms with E-state index in [-0.39, 0.29) is 31.0 Å². The highest BCUT2D eigenvalue weighted by Gasteiger charge is 2.10. The highest BCUT2D eigenvalue weighted by atomic mass is 16.6. The summed E-state index contributed by atoms with van der Waals surface area (Å²) in [5.74, 6) is 0.630. The van der Waals surface area contributed by atoms with Gasteiger partial charge in [-0.1, -0.05) is 0 Å². The van der Waals surface area contributed by atoms with Gasteiger partial charge in [0.1, 0.15) is 0 Å². The second-order valence-corrected chi connectivity index (χ2v) is 4.73. The third-order valence-electron chi connectivity index (χ3n) is 2.74. The van der Waals surface area contributed by atoms with Gasteiger partial charge in [0.15, 0.2) is 6.61 Å². The molecule has 2 aromatic rings. The van der Waals surface area contributed by atoms with Crippen molar-refractivity contribution in [2.45, 2.75) is 20.8 Å². The molecule has 0 aromatic carbocycles. The number of anilines is 2. The largest absolute Gasteiger partial charge is 0.465 e. The molecule has 11 nitrogen and oxygen atoms in total. The summed E-state index contributed by atoms with van der Waals surface area (Å²) in [6.45, 7) is 6.93. The topological polar surface area (TPSA) is 133 Å². The maximum Gasteiger partial charge on any atom is 0.344 e. The molecular formula is C15H21N7O4. The van der Waals surface area contributed by atoms with Crippen LogP contribution in [0, 0.1) is 0 Å². The van der Waals surface area contributed by atoms with Crippen LogP contribution in [0.1, 0.15) is 20.8 Å². The number of nitrogens with zero attached hydrogens (tertiary/aromatic N) is 5. The van der Waals surface area contributed by atoms with Crippen LogP contribution >= 0.6 is 0 Å². The average molecular weight is 363 g/mol. The lowest BCUT2D eigenvalue weighted by Gasteiger charge is -2.08. The van der Waals surface area contributed by atoms with Gasteiger partial charge in [0.25, 0.3) is 0 Å². The highest BCUT2D eigenvalue weighted by Crippen LogP contribution is 2.18. The number of ether oxygens (including phenoxy) is 3. The van der Waals surface area contributed by atoms with Crippen molar-refractivity contribution in [2.75, 3.05) is 36.9 Å². The fourth-order valence-electron chi connectivity index (χ4n) is 1.74. The Morgan fingerprint density at radius 1 is 0.962 bits per heavy atom. The van der Waals surface area contributed by atoms with Crippen LogP contribution in [0.2, 0.25) is 0 Å². The number of esters is 1. The average Bonchev–Trinajstić information content (AvgIpc) is 2.62. The minimum atomic E-state index is -0.480. The van der Waals surface area contributed by atoms with E-state index in [0.29, 0.717) is 25.0 Å². The normalized spacial score (nSPS) is 10.1. The third kappa shape index (κ3) is 6.00. The molecular weight excluding hydrogens is 342 g/mol. The summed E-state index contributed by atoms with van der Waals surface area (Å²) < 4.78 is 15.4. The standard InChI is InChI=1S/C15H21N7O4/c1-4-16-13-18-14(17-5-2)20-15(19-13)26-11-8-7-10(21-22-11)25-9-12(23)24-6-3/h7-8H,4-6,9H2,1-3H3,(H2,16,17,18,19,20). The SMILES string of the molecule is CCNc1nc(NCC)nc(Oc2ccc(OCC(=O)OCC)nn2)n1. The summed E-state index contributed by atoms with van der Waals surface area (Å²) in [6.07, 6.45) is 0. The van der Waals surface area contributed by atoms with Crippen LogP contribution < -0.4 is 20.1 Å². The summed E-state index contributed by atoms with van der Waals surface area (Å²) >= 11 is 0. The molecule has 0 fully saturated rings. The summed E-state index contributed by atoms with van der Waals surface area (Å²) in [6, 6.07) is 3.11. The lowest BCUT2D eigenvalue weighted by atomic mass is 10.5. The maximum absolute atomic E-state index is 11.2. The van der Waals surface area contributed by atoms with Gasteiger partial charge in [-0.15, -0.1) is 10.2 Å². The molecule has 0 aliphatic rings. The fourth-order valence-corrected chi connectivity index (χ4v) is 1.74. The first-order valence-electron chi connectivity index (χ1n) is 8.18. The van der Waals surface area contributed by atoms with Crippen molar-refractivity contribution in [1.29, 1.82) is 0 Å². The lowest BCUT2D eigenvalue weighted by molar-refractivity contribution is -0.145. The van der Waals surface area contributed by atoms with Crippen LogP contribution in [0.15, 0.2) is 12.1 Å². The van der Waals surface area contributed by atoms with Crippen molar-refractivity contribution in [3.05, 3.63) is 12.1 Å². The Morgan fingerprint density at radius 2 is 1.58 bits per heavy atom. The highest BCUT2D eigenvalue weighted by molar-refractivity contribution is 5.70. The molecule has 2 heterocycles. The van der Waals surface area contributed by atoms with Crippen LogP contribution in [0.3, 0.4) is 0 Å². The van der Waals surface area contributed by atoms with E-state index in [4.69, 9.17) is 14.2 Å². The molecule has 2 aromatic heterocycles. The Kier molecular flexibility index (Phi) is 7.28. The molecule has 140 valence electrons. The molecule has 0 bridgehead atoms. The van der Waals surface area contributed by atoms with Crippen LogP contribution in [0.4, 0.5) is 11.9 Å². The number of aromatic nitrogens is 5. The van der Waals surface area contributed by atoms with Gasteiger partial charge in [-0.05, 0) is 20.8 Å². The Labute approximate surface area is 150 Å². The van der Waals surface area contributed by atoms with E-state index >= 15 is 0 Å². The molecule has 0 aliphatic carbocycles. The monoisotopic (exact) mass is 363 g/mol. The van der Waals surface area contributed by atoms with Crippen LogP contribution in [-0.4, -0.2) is 57.4 Å². The molecule has 26 heavy (non-hydrogen) atoms. The second-order valence-electron chi connectivity index (χ2n) is 4.73. The molecule has 0 radical (unpaired) electrons. The zero-order valence-corrected chi connectivity index (χ0v) is 14.9. The quantitative estimate of drug-likeness (QED) is 0.591. The summed E-state index contributed by atoms with van der Waals surface area (Å²) in [4.78, 5) is 23.7. The number of nitrogens with one attached hydrogen (secondary N) is 2. The number of carbonyl (C=O) groups is 1. The van der Waals surface area contributed by atoms with Gasteiger partial charge in [-0.2, -0.15) is 15.0 Å². The van der Waals surface area contributed by atoms with Gasteiger partial charge >= 0.3 is 12.0 Å². The van der Waals surface area contributed by atoms with Crippen LogP contribution in [-0.2, 0) is 9.53 Å². The lowest BCUT2D eigenvalue weighted by Crippen LogP contribution is -2.15. The first kappa shape index (κ1) is 19.1. The van der Waals surface area contributed by atoms with Crippen molar-refractivity contribution in [1.82, 2.24) is 25.1 Å². The first-order valence-corrected chi connectivity index (χ1v) is 8.18. The van der Waals surface area contributed by atoms with Crippen molar-refractivity contribution in [2.24, 2.45) is 0 Å². The third-order valence-corrected chi connectivity index (χ3v) is 2.74. The predicted molar refractivity (Wildman–Crippen MR) is 92.4 cm³/mol. The van der Waals surface area contributed by atoms with E-state index in [1.807, 2.05) is 13.8 Å². The van der Waals surface area contributed by atoms with Gasteiger partial charge in [0.2, 0.25) is 23.7 Å². The molecule has 2 rings (SSSR count). The van der Waals surface area contributed by atoms with Gasteiger partial charge in [-0.3, -0.25) is 0 Å². The predicted octanol–water partition coefficient (Wildman–Crippen LogP) is 1.26. The van der Waals surface area contributed by atoms with E-state index in [9.17, 15) is 4.79 Å². The zero-order chi connectivity index (χ0) is 18.8. The molecule has 0 amide bonds. The van der Waals surface area contributed by atoms with Crippen molar-refractivity contribution >= 4 is 17.9 Å². The second kappa shape index (κ2) is 9.91. The van der Waals surface area contributed by atoms with Crippen molar-refractivity contribution in [3.8, 4) is 17.8 Å². The zero-order valence-electron chi connectivity index (χ0n) is 14.9. The van der Waals surface area contributed by atoms with Crippen LogP contribution in [0.5, 0.6) is 17.8 Å². The molecule has 0 spiro atoms. The summed E-state index contributed by atoms with van der Waals surface area (Å²) in [5, 5.41) is 13.7. The molecule has 0 atom stereocenters. The number of hydrogen-bond acceptors (Lipinski definition) is 11. The molecule has 11 heteroatoms. The molecule has 0 saturated heterocycles. The fraction of sp³-hybridized carbons (Fsp3) is 0.467. The molecule has 0 saturated carbocycles. The maximum atomic E-state index is 11.2. The Morgan fingerprint density at radius 3 is 2.12 bits per heavy atom. The number of rotatable bonds is 10. The van der Waals surface area contributed by atoms with E-state index in [2.05, 4.69) is 35.8 Å². The summed E-state index contributed by atoms with van der Waals surface area (Å²) in [7, 11) is 0. The Balaban J connectivity index is 2.02. The first-order chi connectivity index (χ1) is 12.6. The van der Waals surface area contributed by atoms with Gasteiger partial charge < -0.3 is 24.8 Å². The van der Waals surface area contributed by atoms with Crippen LogP contribution in [0.25, 0.3) is 0 Å².